The molecule has 130 valence electrons. The van der Waals surface area contributed by atoms with Crippen molar-refractivity contribution in [2.45, 2.75) is 13.3 Å². The molecule has 0 saturated carbocycles. The lowest BCUT2D eigenvalue weighted by Gasteiger charge is -2.13. The number of methoxy groups -OCH3 is 1. The Morgan fingerprint density at radius 1 is 1.08 bits per heavy atom. The molecule has 0 saturated heterocycles. The zero-order chi connectivity index (χ0) is 17.6. The normalized spacial score (nSPS) is 10.7. The van der Waals surface area contributed by atoms with Gasteiger partial charge in [-0.2, -0.15) is 0 Å². The van der Waals surface area contributed by atoms with Gasteiger partial charge < -0.3 is 14.8 Å². The van der Waals surface area contributed by atoms with Crippen LogP contribution < -0.4 is 14.8 Å². The highest BCUT2D eigenvalue weighted by molar-refractivity contribution is 6.17. The number of nitrogens with one attached hydrogen (secondary N) is 1. The van der Waals surface area contributed by atoms with E-state index in [4.69, 9.17) is 21.1 Å². The molecule has 0 radical (unpaired) electrons. The third-order valence-electron chi connectivity index (χ3n) is 3.68. The van der Waals surface area contributed by atoms with Crippen molar-refractivity contribution in [1.82, 2.24) is 15.4 Å². The zero-order valence-corrected chi connectivity index (χ0v) is 14.9. The first kappa shape index (κ1) is 17.2. The Balaban J connectivity index is 1.95. The summed E-state index contributed by atoms with van der Waals surface area (Å²) >= 11 is 5.69. The molecule has 1 aromatic heterocycles. The van der Waals surface area contributed by atoms with Crippen LogP contribution in [0.3, 0.4) is 0 Å². The van der Waals surface area contributed by atoms with Crippen LogP contribution in [0.4, 0.5) is 11.5 Å². The van der Waals surface area contributed by atoms with E-state index in [9.17, 15) is 0 Å². The van der Waals surface area contributed by atoms with E-state index in [0.29, 0.717) is 35.3 Å². The van der Waals surface area contributed by atoms with Crippen molar-refractivity contribution in [2.75, 3.05) is 24.9 Å². The molecule has 3 aromatic rings. The fraction of sp³-hybridized carbons (Fsp3) is 0.278. The maximum Gasteiger partial charge on any atom is 0.164 e. The number of alkyl halides is 1. The fourth-order valence-electron chi connectivity index (χ4n) is 2.37. The molecule has 0 amide bonds. The van der Waals surface area contributed by atoms with E-state index >= 15 is 0 Å². The molecule has 3 rings (SSSR count). The van der Waals surface area contributed by atoms with Gasteiger partial charge in [0, 0.05) is 17.6 Å². The van der Waals surface area contributed by atoms with Crippen molar-refractivity contribution in [3.05, 3.63) is 42.0 Å². The Morgan fingerprint density at radius 2 is 1.88 bits per heavy atom. The zero-order valence-electron chi connectivity index (χ0n) is 14.1. The number of aryl methyl sites for hydroxylation is 1. The largest absolute Gasteiger partial charge is 0.493 e. The first-order valence-corrected chi connectivity index (χ1v) is 8.48. The minimum Gasteiger partial charge on any atom is -0.493 e. The number of hydrogen-bond acceptors (Lipinski definition) is 6. The first-order valence-electron chi connectivity index (χ1n) is 7.95. The topological polar surface area (TPSA) is 69.2 Å². The number of hydrogen-bond donors (Lipinski definition) is 1. The van der Waals surface area contributed by atoms with Gasteiger partial charge in [-0.1, -0.05) is 17.7 Å². The van der Waals surface area contributed by atoms with Crippen molar-refractivity contribution in [1.29, 1.82) is 0 Å². The van der Waals surface area contributed by atoms with Gasteiger partial charge in [0.25, 0.3) is 0 Å². The van der Waals surface area contributed by atoms with Gasteiger partial charge in [0.2, 0.25) is 0 Å². The van der Waals surface area contributed by atoms with Gasteiger partial charge in [0.15, 0.2) is 17.3 Å². The second-order valence-electron chi connectivity index (χ2n) is 5.54. The molecule has 0 bridgehead atoms. The van der Waals surface area contributed by atoms with E-state index < -0.39 is 0 Å². The van der Waals surface area contributed by atoms with Crippen LogP contribution in [0.1, 0.15) is 12.0 Å². The summed E-state index contributed by atoms with van der Waals surface area (Å²) in [4.78, 5) is 0. The summed E-state index contributed by atoms with van der Waals surface area (Å²) in [6.07, 6.45) is 0.755. The van der Waals surface area contributed by atoms with Crippen molar-refractivity contribution in [2.24, 2.45) is 0 Å². The summed E-state index contributed by atoms with van der Waals surface area (Å²) in [6, 6.07) is 11.7. The van der Waals surface area contributed by atoms with Crippen molar-refractivity contribution >= 4 is 34.0 Å². The average Bonchev–Trinajstić information content (AvgIpc) is 2.63. The quantitative estimate of drug-likeness (QED) is 0.506. The molecule has 1 heterocycles. The molecular weight excluding hydrogens is 340 g/mol. The third-order valence-corrected chi connectivity index (χ3v) is 3.95. The van der Waals surface area contributed by atoms with Crippen LogP contribution in [0.15, 0.2) is 36.4 Å². The average molecular weight is 359 g/mol. The number of halogens is 1. The molecule has 0 unspecified atom stereocenters. The molecule has 7 heteroatoms. The lowest BCUT2D eigenvalue weighted by Crippen LogP contribution is -2.02. The minimum absolute atomic E-state index is 0.512. The standard InChI is InChI=1S/C18H19ClN4O2/c1-12-4-6-13(7-5-12)20-18-14-10-16(24-2)17(25-9-3-8-19)11-15(14)21-23-22-18/h4-7,10-11H,3,8-9H2,1-2H3,(H,20,21,22). The molecule has 25 heavy (non-hydrogen) atoms. The Kier molecular flexibility index (Phi) is 5.50. The highest BCUT2D eigenvalue weighted by Crippen LogP contribution is 2.34. The summed E-state index contributed by atoms with van der Waals surface area (Å²) in [7, 11) is 1.60. The number of aromatic nitrogens is 3. The molecular formula is C18H19ClN4O2. The fourth-order valence-corrected chi connectivity index (χ4v) is 2.47. The van der Waals surface area contributed by atoms with Gasteiger partial charge in [-0.3, -0.25) is 0 Å². The van der Waals surface area contributed by atoms with Gasteiger partial charge in [-0.05, 0) is 36.8 Å². The lowest BCUT2D eigenvalue weighted by molar-refractivity contribution is 0.295. The summed E-state index contributed by atoms with van der Waals surface area (Å²) in [5.74, 6) is 2.38. The van der Waals surface area contributed by atoms with Gasteiger partial charge >= 0.3 is 0 Å². The molecule has 0 aliphatic carbocycles. The summed E-state index contributed by atoms with van der Waals surface area (Å²) < 4.78 is 11.2. The highest BCUT2D eigenvalue weighted by atomic mass is 35.5. The van der Waals surface area contributed by atoms with Crippen LogP contribution in [-0.4, -0.2) is 35.0 Å². The van der Waals surface area contributed by atoms with Crippen LogP contribution in [0.5, 0.6) is 11.5 Å². The van der Waals surface area contributed by atoms with Crippen LogP contribution in [0.25, 0.3) is 10.9 Å². The number of ether oxygens (including phenoxy) is 2. The number of anilines is 2. The maximum atomic E-state index is 5.73. The van der Waals surface area contributed by atoms with Crippen molar-refractivity contribution < 1.29 is 9.47 Å². The predicted octanol–water partition coefficient (Wildman–Crippen LogP) is 4.09. The second-order valence-corrected chi connectivity index (χ2v) is 5.92. The van der Waals surface area contributed by atoms with Crippen molar-refractivity contribution in [3.8, 4) is 11.5 Å². The first-order chi connectivity index (χ1) is 12.2. The third kappa shape index (κ3) is 4.09. The van der Waals surface area contributed by atoms with E-state index in [0.717, 1.165) is 17.5 Å². The molecule has 6 nitrogen and oxygen atoms in total. The molecule has 0 aliphatic heterocycles. The minimum atomic E-state index is 0.512. The Labute approximate surface area is 151 Å². The number of rotatable bonds is 7. The number of nitrogens with zero attached hydrogens (tertiary/aromatic N) is 3. The van der Waals surface area contributed by atoms with Crippen LogP contribution >= 0.6 is 11.6 Å². The van der Waals surface area contributed by atoms with E-state index in [1.54, 1.807) is 13.2 Å². The van der Waals surface area contributed by atoms with Crippen LogP contribution in [0.2, 0.25) is 0 Å². The molecule has 0 atom stereocenters. The Morgan fingerprint density at radius 3 is 2.60 bits per heavy atom. The van der Waals surface area contributed by atoms with Gasteiger partial charge in [0.1, 0.15) is 5.52 Å². The van der Waals surface area contributed by atoms with Crippen LogP contribution in [-0.2, 0) is 0 Å². The maximum absolute atomic E-state index is 5.73. The van der Waals surface area contributed by atoms with Gasteiger partial charge in [-0.15, -0.1) is 21.8 Å². The number of fused-ring (bicyclic) bond motifs is 1. The second kappa shape index (κ2) is 7.98. The summed E-state index contributed by atoms with van der Waals surface area (Å²) in [5.41, 5.74) is 2.79. The summed E-state index contributed by atoms with van der Waals surface area (Å²) in [5, 5.41) is 16.1. The molecule has 2 aromatic carbocycles. The van der Waals surface area contributed by atoms with Crippen LogP contribution in [0, 0.1) is 6.92 Å². The molecule has 0 fully saturated rings. The Bertz CT molecular complexity index is 856. The van der Waals surface area contributed by atoms with Crippen molar-refractivity contribution in [3.63, 3.8) is 0 Å². The SMILES string of the molecule is COc1cc2c(Nc3ccc(C)cc3)nnnc2cc1OCCCCl. The van der Waals surface area contributed by atoms with E-state index in [2.05, 4.69) is 20.7 Å². The number of benzene rings is 2. The van der Waals surface area contributed by atoms with E-state index in [1.165, 1.54) is 5.56 Å². The van der Waals surface area contributed by atoms with Gasteiger partial charge in [-0.25, -0.2) is 0 Å². The predicted molar refractivity (Wildman–Crippen MR) is 99.2 cm³/mol. The summed E-state index contributed by atoms with van der Waals surface area (Å²) in [6.45, 7) is 2.56. The molecule has 0 aliphatic rings. The van der Waals surface area contributed by atoms with E-state index in [-0.39, 0.29) is 0 Å². The molecule has 1 N–H and O–H groups in total. The van der Waals surface area contributed by atoms with E-state index in [1.807, 2.05) is 37.3 Å². The smallest absolute Gasteiger partial charge is 0.164 e. The lowest BCUT2D eigenvalue weighted by atomic mass is 10.2. The highest BCUT2D eigenvalue weighted by Gasteiger charge is 2.12. The monoisotopic (exact) mass is 358 g/mol. The van der Waals surface area contributed by atoms with Gasteiger partial charge in [0.05, 0.1) is 19.1 Å². The Hall–Kier alpha value is -2.60. The molecule has 0 spiro atoms.